The Bertz CT molecular complexity index is 954. The van der Waals surface area contributed by atoms with E-state index in [4.69, 9.17) is 4.74 Å². The van der Waals surface area contributed by atoms with Gasteiger partial charge in [-0.3, -0.25) is 0 Å². The number of ether oxygens (including phenoxy) is 1. The van der Waals surface area contributed by atoms with Gasteiger partial charge in [-0.05, 0) is 74.6 Å². The number of anilines is 2. The molecule has 7 rings (SSSR count). The van der Waals surface area contributed by atoms with Crippen LogP contribution in [0.5, 0.6) is 11.5 Å². The molecule has 3 heteroatoms. The summed E-state index contributed by atoms with van der Waals surface area (Å²) < 4.78 is 6.94. The lowest BCUT2D eigenvalue weighted by atomic mass is 9.79. The molecule has 2 aromatic carbocycles. The van der Waals surface area contributed by atoms with Crippen molar-refractivity contribution in [3.63, 3.8) is 0 Å². The molecule has 3 nitrogen and oxygen atoms in total. The largest absolute Gasteiger partial charge is 0.456 e. The molecule has 0 unspecified atom stereocenters. The van der Waals surface area contributed by atoms with Gasteiger partial charge in [-0.1, -0.05) is 6.92 Å². The maximum Gasteiger partial charge on any atom is 0.136 e. The number of benzene rings is 2. The highest BCUT2D eigenvalue weighted by Gasteiger charge is 2.37. The number of hydrogen-bond donors (Lipinski definition) is 0. The van der Waals surface area contributed by atoms with Crippen LogP contribution in [-0.2, 0) is 25.7 Å². The highest BCUT2D eigenvalue weighted by atomic mass is 16.5. The van der Waals surface area contributed by atoms with Crippen LogP contribution in [0.15, 0.2) is 12.1 Å². The van der Waals surface area contributed by atoms with Gasteiger partial charge in [-0.25, -0.2) is 0 Å². The Balaban J connectivity index is 1.46. The van der Waals surface area contributed by atoms with Gasteiger partial charge in [0.25, 0.3) is 0 Å². The van der Waals surface area contributed by atoms with Crippen molar-refractivity contribution in [2.24, 2.45) is 0 Å². The SMILES string of the molecule is CC1c2cc3c4c(c2Oc2c1cc1c5c2CCCN5CCC1)CCCN4CCC3. The summed E-state index contributed by atoms with van der Waals surface area (Å²) in [6.45, 7) is 7.31. The van der Waals surface area contributed by atoms with Gasteiger partial charge in [0, 0.05) is 65.7 Å². The van der Waals surface area contributed by atoms with Crippen LogP contribution in [0.25, 0.3) is 0 Å². The zero-order valence-corrected chi connectivity index (χ0v) is 17.5. The number of nitrogens with zero attached hydrogens (tertiary/aromatic N) is 2. The normalized spacial score (nSPS) is 21.7. The summed E-state index contributed by atoms with van der Waals surface area (Å²) in [4.78, 5) is 5.28. The molecule has 0 radical (unpaired) electrons. The summed E-state index contributed by atoms with van der Waals surface area (Å²) in [5.41, 5.74) is 12.1. The van der Waals surface area contributed by atoms with Crippen LogP contribution >= 0.6 is 0 Å². The molecule has 0 saturated heterocycles. The van der Waals surface area contributed by atoms with Crippen molar-refractivity contribution in [3.05, 3.63) is 45.5 Å². The highest BCUT2D eigenvalue weighted by molar-refractivity contribution is 5.76. The first-order valence-corrected chi connectivity index (χ1v) is 11.8. The summed E-state index contributed by atoms with van der Waals surface area (Å²) in [5, 5.41) is 0. The fourth-order valence-electron chi connectivity index (χ4n) is 6.87. The second kappa shape index (κ2) is 5.93. The summed E-state index contributed by atoms with van der Waals surface area (Å²) in [7, 11) is 0. The van der Waals surface area contributed by atoms with Gasteiger partial charge in [0.1, 0.15) is 11.5 Å². The zero-order valence-electron chi connectivity index (χ0n) is 17.5. The van der Waals surface area contributed by atoms with Crippen LogP contribution in [0, 0.1) is 0 Å². The minimum atomic E-state index is 0.437. The molecule has 0 amide bonds. The molecule has 0 saturated carbocycles. The second-order valence-corrected chi connectivity index (χ2v) is 9.77. The van der Waals surface area contributed by atoms with Gasteiger partial charge in [-0.15, -0.1) is 0 Å². The van der Waals surface area contributed by atoms with Gasteiger partial charge in [-0.2, -0.15) is 0 Å². The van der Waals surface area contributed by atoms with Gasteiger partial charge in [0.2, 0.25) is 0 Å². The molecule has 2 aromatic rings. The van der Waals surface area contributed by atoms with E-state index < -0.39 is 0 Å². The smallest absolute Gasteiger partial charge is 0.136 e. The number of rotatable bonds is 0. The third-order valence-corrected chi connectivity index (χ3v) is 8.14. The van der Waals surface area contributed by atoms with Gasteiger partial charge in [0.15, 0.2) is 0 Å². The number of hydrogen-bond acceptors (Lipinski definition) is 3. The van der Waals surface area contributed by atoms with Crippen molar-refractivity contribution in [2.75, 3.05) is 36.0 Å². The van der Waals surface area contributed by atoms with Crippen LogP contribution in [-0.4, -0.2) is 26.2 Å². The van der Waals surface area contributed by atoms with Crippen molar-refractivity contribution in [1.29, 1.82) is 0 Å². The van der Waals surface area contributed by atoms with E-state index in [-0.39, 0.29) is 0 Å². The minimum absolute atomic E-state index is 0.437. The van der Waals surface area contributed by atoms with Gasteiger partial charge < -0.3 is 14.5 Å². The van der Waals surface area contributed by atoms with E-state index in [2.05, 4.69) is 28.9 Å². The lowest BCUT2D eigenvalue weighted by molar-refractivity contribution is 0.430. The Morgan fingerprint density at radius 3 is 1.62 bits per heavy atom. The maximum atomic E-state index is 6.94. The van der Waals surface area contributed by atoms with Crippen molar-refractivity contribution >= 4 is 11.4 Å². The number of fused-ring (bicyclic) bond motifs is 4. The molecule has 0 fully saturated rings. The average molecular weight is 387 g/mol. The topological polar surface area (TPSA) is 15.7 Å². The third kappa shape index (κ3) is 2.19. The third-order valence-electron chi connectivity index (χ3n) is 8.14. The molecule has 5 aliphatic heterocycles. The molecule has 150 valence electrons. The van der Waals surface area contributed by atoms with Crippen molar-refractivity contribution in [3.8, 4) is 11.5 Å². The first kappa shape index (κ1) is 16.6. The van der Waals surface area contributed by atoms with Crippen molar-refractivity contribution in [2.45, 2.75) is 64.2 Å². The summed E-state index contributed by atoms with van der Waals surface area (Å²) in [6.07, 6.45) is 9.94. The van der Waals surface area contributed by atoms with E-state index in [0.717, 1.165) is 0 Å². The van der Waals surface area contributed by atoms with E-state index >= 15 is 0 Å². The Kier molecular flexibility index (Phi) is 3.40. The molecule has 0 atom stereocenters. The summed E-state index contributed by atoms with van der Waals surface area (Å²) in [5.74, 6) is 2.88. The van der Waals surface area contributed by atoms with E-state index in [1.807, 2.05) is 0 Å². The fraction of sp³-hybridized carbons (Fsp3) is 0.538. The first-order chi connectivity index (χ1) is 14.3. The molecular weight excluding hydrogens is 356 g/mol. The molecule has 29 heavy (non-hydrogen) atoms. The van der Waals surface area contributed by atoms with Crippen molar-refractivity contribution < 1.29 is 4.74 Å². The standard InChI is InChI=1S/C26H30N2O/c1-16-21-14-17-6-2-10-27-12-4-8-19(23(17)27)25(21)29-26-20-9-5-13-28-11-3-7-18(24(20)28)15-22(16)26/h14-16H,2-13H2,1H3. The molecule has 0 aromatic heterocycles. The molecule has 5 aliphatic rings. The monoisotopic (exact) mass is 386 g/mol. The average Bonchev–Trinajstić information content (AvgIpc) is 2.76. The van der Waals surface area contributed by atoms with Crippen LogP contribution < -0.4 is 14.5 Å². The van der Waals surface area contributed by atoms with Gasteiger partial charge >= 0.3 is 0 Å². The Morgan fingerprint density at radius 2 is 1.14 bits per heavy atom. The lowest BCUT2D eigenvalue weighted by Crippen LogP contribution is -2.36. The fourth-order valence-corrected chi connectivity index (χ4v) is 6.87. The lowest BCUT2D eigenvalue weighted by Gasteiger charge is -2.42. The maximum absolute atomic E-state index is 6.94. The minimum Gasteiger partial charge on any atom is -0.456 e. The van der Waals surface area contributed by atoms with E-state index in [0.29, 0.717) is 5.92 Å². The van der Waals surface area contributed by atoms with Crippen LogP contribution in [0.3, 0.4) is 0 Å². The summed E-state index contributed by atoms with van der Waals surface area (Å²) >= 11 is 0. The molecule has 0 aliphatic carbocycles. The highest BCUT2D eigenvalue weighted by Crippen LogP contribution is 2.55. The predicted octanol–water partition coefficient (Wildman–Crippen LogP) is 5.34. The Morgan fingerprint density at radius 1 is 0.690 bits per heavy atom. The van der Waals surface area contributed by atoms with Crippen LogP contribution in [0.1, 0.15) is 71.9 Å². The van der Waals surface area contributed by atoms with Crippen LogP contribution in [0.2, 0.25) is 0 Å². The Labute approximate surface area is 173 Å². The molecule has 0 spiro atoms. The van der Waals surface area contributed by atoms with Crippen molar-refractivity contribution in [1.82, 2.24) is 0 Å². The molecule has 0 bridgehead atoms. The van der Waals surface area contributed by atoms with E-state index in [1.54, 1.807) is 11.1 Å². The second-order valence-electron chi connectivity index (χ2n) is 9.77. The van der Waals surface area contributed by atoms with Gasteiger partial charge in [0.05, 0.1) is 0 Å². The van der Waals surface area contributed by atoms with Crippen LogP contribution in [0.4, 0.5) is 11.4 Å². The quantitative estimate of drug-likeness (QED) is 0.608. The molecule has 0 N–H and O–H groups in total. The summed E-state index contributed by atoms with van der Waals surface area (Å²) in [6, 6.07) is 5.02. The molecule has 5 heterocycles. The molecular formula is C26H30N2O. The number of aryl methyl sites for hydroxylation is 2. The Hall–Kier alpha value is -2.16. The predicted molar refractivity (Wildman–Crippen MR) is 118 cm³/mol. The first-order valence-electron chi connectivity index (χ1n) is 11.8. The van der Waals surface area contributed by atoms with E-state index in [9.17, 15) is 0 Å². The van der Waals surface area contributed by atoms with E-state index in [1.165, 1.54) is 123 Å². The zero-order chi connectivity index (χ0) is 19.1.